The highest BCUT2D eigenvalue weighted by Gasteiger charge is 2.19. The molecule has 4 aromatic rings. The van der Waals surface area contributed by atoms with E-state index in [0.29, 0.717) is 34.5 Å². The van der Waals surface area contributed by atoms with Gasteiger partial charge in [0.2, 0.25) is 5.95 Å². The molecule has 0 saturated carbocycles. The number of hydrogen-bond donors (Lipinski definition) is 2. The van der Waals surface area contributed by atoms with Gasteiger partial charge in [0.05, 0.1) is 6.54 Å². The van der Waals surface area contributed by atoms with Crippen molar-refractivity contribution in [2.75, 3.05) is 30.9 Å². The lowest BCUT2D eigenvalue weighted by molar-refractivity contribution is 0.460. The molecule has 1 saturated heterocycles. The van der Waals surface area contributed by atoms with Gasteiger partial charge in [-0.3, -0.25) is 4.79 Å². The van der Waals surface area contributed by atoms with Gasteiger partial charge in [0.25, 0.3) is 5.56 Å². The molecule has 0 bridgehead atoms. The summed E-state index contributed by atoms with van der Waals surface area (Å²) in [6.45, 7) is 6.13. The zero-order chi connectivity index (χ0) is 26.0. The standard InChI is InChI=1S/C26H30N8O2S/c1-4-16-33-25(35)21-17-28-26(29-20-10-8-18(9-11-20)19-12-14-27-15-13-19)31-24(21)34(33)23-7-5-6-22(30-23)32-37(2,3)36/h4-11,17,19,27H,1,12-16H2,2-3H3,(H,28,29,31). The van der Waals surface area contributed by atoms with Crippen molar-refractivity contribution in [1.29, 1.82) is 0 Å². The van der Waals surface area contributed by atoms with Crippen LogP contribution >= 0.6 is 0 Å². The molecule has 1 fully saturated rings. The van der Waals surface area contributed by atoms with Gasteiger partial charge >= 0.3 is 0 Å². The molecule has 192 valence electrons. The molecular weight excluding hydrogens is 488 g/mol. The van der Waals surface area contributed by atoms with Gasteiger partial charge < -0.3 is 10.6 Å². The second-order valence-electron chi connectivity index (χ2n) is 9.32. The lowest BCUT2D eigenvalue weighted by Crippen LogP contribution is -2.26. The van der Waals surface area contributed by atoms with Crippen molar-refractivity contribution in [1.82, 2.24) is 29.6 Å². The monoisotopic (exact) mass is 518 g/mol. The van der Waals surface area contributed by atoms with E-state index in [9.17, 15) is 9.00 Å². The van der Waals surface area contributed by atoms with E-state index in [4.69, 9.17) is 0 Å². The summed E-state index contributed by atoms with van der Waals surface area (Å²) in [5.41, 5.74) is 2.33. The van der Waals surface area contributed by atoms with Gasteiger partial charge in [-0.1, -0.05) is 24.3 Å². The number of fused-ring (bicyclic) bond motifs is 1. The number of pyridine rings is 1. The summed E-state index contributed by atoms with van der Waals surface area (Å²) in [5, 5.41) is 7.01. The van der Waals surface area contributed by atoms with Crippen LogP contribution in [0.1, 0.15) is 24.3 Å². The van der Waals surface area contributed by atoms with Crippen molar-refractivity contribution in [2.24, 2.45) is 4.36 Å². The van der Waals surface area contributed by atoms with E-state index in [0.717, 1.165) is 31.6 Å². The molecule has 0 spiro atoms. The van der Waals surface area contributed by atoms with Gasteiger partial charge in [-0.15, -0.1) is 6.58 Å². The highest BCUT2D eigenvalue weighted by Crippen LogP contribution is 2.27. The summed E-state index contributed by atoms with van der Waals surface area (Å²) < 4.78 is 19.5. The van der Waals surface area contributed by atoms with E-state index in [1.165, 1.54) is 16.4 Å². The SMILES string of the molecule is C=CCn1c(=O)c2cnc(Nc3ccc(C4CCNCC4)cc3)nc2n1-c1cccc(N=S(C)(C)=O)n1. The second-order valence-corrected chi connectivity index (χ2v) is 11.9. The molecule has 4 heterocycles. The van der Waals surface area contributed by atoms with Crippen LogP contribution in [-0.4, -0.2) is 54.1 Å². The molecule has 1 aromatic carbocycles. The zero-order valence-electron chi connectivity index (χ0n) is 20.9. The predicted molar refractivity (Wildman–Crippen MR) is 148 cm³/mol. The Labute approximate surface area is 215 Å². The minimum absolute atomic E-state index is 0.247. The third kappa shape index (κ3) is 5.47. The number of rotatable bonds is 7. The molecule has 1 aliphatic rings. The molecule has 0 aliphatic carbocycles. The van der Waals surface area contributed by atoms with Gasteiger partial charge in [-0.05, 0) is 61.7 Å². The average molecular weight is 519 g/mol. The lowest BCUT2D eigenvalue weighted by Gasteiger charge is -2.23. The molecule has 10 nitrogen and oxygen atoms in total. The Morgan fingerprint density at radius 2 is 1.92 bits per heavy atom. The van der Waals surface area contributed by atoms with Gasteiger partial charge in [-0.25, -0.2) is 23.5 Å². The maximum atomic E-state index is 13.2. The van der Waals surface area contributed by atoms with Crippen molar-refractivity contribution in [3.8, 4) is 5.82 Å². The van der Waals surface area contributed by atoms with Crippen LogP contribution in [0.2, 0.25) is 0 Å². The summed E-state index contributed by atoms with van der Waals surface area (Å²) in [5.74, 6) is 1.67. The molecule has 37 heavy (non-hydrogen) atoms. The first-order valence-electron chi connectivity index (χ1n) is 12.1. The number of hydrogen-bond acceptors (Lipinski definition) is 8. The van der Waals surface area contributed by atoms with Crippen molar-refractivity contribution in [3.63, 3.8) is 0 Å². The fraction of sp³-hybridized carbons (Fsp3) is 0.308. The van der Waals surface area contributed by atoms with E-state index in [1.54, 1.807) is 41.5 Å². The maximum absolute atomic E-state index is 13.2. The smallest absolute Gasteiger partial charge is 0.278 e. The van der Waals surface area contributed by atoms with Gasteiger partial charge in [0, 0.05) is 34.1 Å². The third-order valence-corrected chi connectivity index (χ3v) is 6.83. The second kappa shape index (κ2) is 10.3. The van der Waals surface area contributed by atoms with Crippen LogP contribution in [0, 0.1) is 0 Å². The molecule has 0 amide bonds. The van der Waals surface area contributed by atoms with Gasteiger partial charge in [-0.2, -0.15) is 9.35 Å². The van der Waals surface area contributed by atoms with Crippen molar-refractivity contribution in [3.05, 3.63) is 77.2 Å². The Morgan fingerprint density at radius 1 is 1.16 bits per heavy atom. The summed E-state index contributed by atoms with van der Waals surface area (Å²) in [4.78, 5) is 26.8. The van der Waals surface area contributed by atoms with E-state index >= 15 is 0 Å². The first kappa shape index (κ1) is 24.8. The Bertz CT molecular complexity index is 1620. The van der Waals surface area contributed by atoms with Crippen LogP contribution in [0.5, 0.6) is 0 Å². The van der Waals surface area contributed by atoms with E-state index in [1.807, 2.05) is 12.1 Å². The molecule has 11 heteroatoms. The number of nitrogens with zero attached hydrogens (tertiary/aromatic N) is 6. The minimum Gasteiger partial charge on any atom is -0.324 e. The average Bonchev–Trinajstić information content (AvgIpc) is 3.15. The normalized spacial score (nSPS) is 14.5. The van der Waals surface area contributed by atoms with Crippen LogP contribution in [-0.2, 0) is 16.3 Å². The number of anilines is 2. The van der Waals surface area contributed by atoms with Gasteiger partial charge in [0.1, 0.15) is 5.39 Å². The fourth-order valence-electron chi connectivity index (χ4n) is 4.54. The summed E-state index contributed by atoms with van der Waals surface area (Å²) in [6.07, 6.45) is 8.52. The zero-order valence-corrected chi connectivity index (χ0v) is 21.7. The Hall–Kier alpha value is -3.83. The third-order valence-electron chi connectivity index (χ3n) is 6.21. The fourth-order valence-corrected chi connectivity index (χ4v) is 5.09. The van der Waals surface area contributed by atoms with Crippen molar-refractivity contribution >= 4 is 38.2 Å². The summed E-state index contributed by atoms with van der Waals surface area (Å²) >= 11 is 0. The van der Waals surface area contributed by atoms with Gasteiger partial charge in [0.15, 0.2) is 17.3 Å². The predicted octanol–water partition coefficient (Wildman–Crippen LogP) is 3.73. The first-order valence-corrected chi connectivity index (χ1v) is 14.5. The molecule has 2 N–H and O–H groups in total. The lowest BCUT2D eigenvalue weighted by atomic mass is 9.90. The first-order chi connectivity index (χ1) is 17.8. The quantitative estimate of drug-likeness (QED) is 0.358. The molecule has 1 aliphatic heterocycles. The molecule has 0 radical (unpaired) electrons. The van der Waals surface area contributed by atoms with E-state index in [2.05, 4.69) is 48.7 Å². The largest absolute Gasteiger partial charge is 0.324 e. The molecule has 0 atom stereocenters. The Morgan fingerprint density at radius 3 is 2.62 bits per heavy atom. The topological polar surface area (TPSA) is 119 Å². The van der Waals surface area contributed by atoms with Crippen LogP contribution < -0.4 is 16.2 Å². The Kier molecular flexibility index (Phi) is 6.90. The van der Waals surface area contributed by atoms with Crippen molar-refractivity contribution < 1.29 is 4.21 Å². The number of piperidine rings is 1. The van der Waals surface area contributed by atoms with Crippen LogP contribution in [0.25, 0.3) is 16.9 Å². The van der Waals surface area contributed by atoms with Crippen LogP contribution in [0.15, 0.2) is 70.5 Å². The molecular formula is C26H30N8O2S. The maximum Gasteiger partial charge on any atom is 0.278 e. The minimum atomic E-state index is -2.41. The Balaban J connectivity index is 1.53. The van der Waals surface area contributed by atoms with Crippen LogP contribution in [0.3, 0.4) is 0 Å². The number of allylic oxidation sites excluding steroid dienone is 1. The number of nitrogens with one attached hydrogen (secondary N) is 2. The summed E-state index contributed by atoms with van der Waals surface area (Å²) in [7, 11) is -2.41. The molecule has 5 rings (SSSR count). The molecule has 0 unspecified atom stereocenters. The highest BCUT2D eigenvalue weighted by molar-refractivity contribution is 7.92. The van der Waals surface area contributed by atoms with Crippen LogP contribution in [0.4, 0.5) is 17.5 Å². The van der Waals surface area contributed by atoms with E-state index in [-0.39, 0.29) is 12.1 Å². The van der Waals surface area contributed by atoms with Crippen molar-refractivity contribution in [2.45, 2.75) is 25.3 Å². The van der Waals surface area contributed by atoms with E-state index < -0.39 is 9.73 Å². The highest BCUT2D eigenvalue weighted by atomic mass is 32.2. The number of aromatic nitrogens is 5. The summed E-state index contributed by atoms with van der Waals surface area (Å²) in [6, 6.07) is 13.5. The number of benzene rings is 1. The molecule has 3 aromatic heterocycles.